The number of hydrogen-bond acceptors (Lipinski definition) is 2. The van der Waals surface area contributed by atoms with E-state index >= 15 is 0 Å². The highest BCUT2D eigenvalue weighted by Crippen LogP contribution is 2.16. The number of carboxylic acids is 1. The minimum Gasteiger partial charge on any atom is -0.480 e. The van der Waals surface area contributed by atoms with Crippen molar-refractivity contribution in [3.8, 4) is 0 Å². The molecule has 0 aliphatic rings. The second-order valence-electron chi connectivity index (χ2n) is 3.85. The van der Waals surface area contributed by atoms with Crippen molar-refractivity contribution in [1.29, 1.82) is 0 Å². The highest BCUT2D eigenvalue weighted by molar-refractivity contribution is 6.29. The zero-order chi connectivity index (χ0) is 12.8. The first-order chi connectivity index (χ1) is 8.08. The number of anilines is 1. The summed E-state index contributed by atoms with van der Waals surface area (Å²) in [6.45, 7) is 6.14. The Labute approximate surface area is 107 Å². The number of halogens is 1. The molecule has 1 unspecified atom stereocenters. The van der Waals surface area contributed by atoms with E-state index in [9.17, 15) is 4.79 Å². The van der Waals surface area contributed by atoms with Gasteiger partial charge in [0.15, 0.2) is 0 Å². The number of alkyl halides is 1. The van der Waals surface area contributed by atoms with E-state index < -0.39 is 11.3 Å². The molecule has 1 aromatic carbocycles. The third-order valence-corrected chi connectivity index (χ3v) is 3.09. The number of carboxylic acid groups (broad SMARTS) is 1. The molecule has 0 amide bonds. The Morgan fingerprint density at radius 1 is 1.29 bits per heavy atom. The molecule has 0 fully saturated rings. The van der Waals surface area contributed by atoms with Crippen molar-refractivity contribution in [2.24, 2.45) is 0 Å². The van der Waals surface area contributed by atoms with Gasteiger partial charge in [-0.05, 0) is 38.0 Å². The molecule has 0 aromatic heterocycles. The van der Waals surface area contributed by atoms with Crippen LogP contribution in [0.2, 0.25) is 0 Å². The van der Waals surface area contributed by atoms with Crippen LogP contribution in [0.5, 0.6) is 0 Å². The van der Waals surface area contributed by atoms with Gasteiger partial charge < -0.3 is 10.0 Å². The second kappa shape index (κ2) is 6.50. The molecule has 1 rings (SSSR count). The lowest BCUT2D eigenvalue weighted by Gasteiger charge is -2.21. The van der Waals surface area contributed by atoms with E-state index in [2.05, 4.69) is 18.7 Å². The van der Waals surface area contributed by atoms with Crippen LogP contribution in [0.15, 0.2) is 24.3 Å². The topological polar surface area (TPSA) is 40.5 Å². The van der Waals surface area contributed by atoms with E-state index in [0.29, 0.717) is 6.42 Å². The predicted octanol–water partition coefficient (Wildman–Crippen LogP) is 2.77. The van der Waals surface area contributed by atoms with Gasteiger partial charge >= 0.3 is 5.97 Å². The molecule has 3 nitrogen and oxygen atoms in total. The van der Waals surface area contributed by atoms with Gasteiger partial charge in [0.25, 0.3) is 0 Å². The summed E-state index contributed by atoms with van der Waals surface area (Å²) in [5.41, 5.74) is 2.10. The lowest BCUT2D eigenvalue weighted by atomic mass is 10.1. The third kappa shape index (κ3) is 3.93. The summed E-state index contributed by atoms with van der Waals surface area (Å²) < 4.78 is 0. The first-order valence-electron chi connectivity index (χ1n) is 5.79. The maximum atomic E-state index is 10.6. The average Bonchev–Trinajstić information content (AvgIpc) is 2.32. The third-order valence-electron chi connectivity index (χ3n) is 2.75. The van der Waals surface area contributed by atoms with Crippen molar-refractivity contribution in [2.75, 3.05) is 18.0 Å². The molecule has 0 spiro atoms. The van der Waals surface area contributed by atoms with Gasteiger partial charge in [0, 0.05) is 18.8 Å². The van der Waals surface area contributed by atoms with Crippen LogP contribution in [0, 0.1) is 0 Å². The summed E-state index contributed by atoms with van der Waals surface area (Å²) in [4.78, 5) is 12.9. The molecule has 1 N–H and O–H groups in total. The molecule has 94 valence electrons. The minimum atomic E-state index is -0.973. The molecule has 0 bridgehead atoms. The molecule has 17 heavy (non-hydrogen) atoms. The zero-order valence-corrected chi connectivity index (χ0v) is 10.9. The fourth-order valence-corrected chi connectivity index (χ4v) is 1.90. The zero-order valence-electron chi connectivity index (χ0n) is 10.2. The van der Waals surface area contributed by atoms with Gasteiger partial charge in [-0.15, -0.1) is 11.6 Å². The van der Waals surface area contributed by atoms with Crippen molar-refractivity contribution in [3.05, 3.63) is 29.8 Å². The molecule has 0 aliphatic carbocycles. The summed E-state index contributed by atoms with van der Waals surface area (Å²) in [6, 6.07) is 7.89. The molecule has 0 heterocycles. The van der Waals surface area contributed by atoms with E-state index in [-0.39, 0.29) is 0 Å². The Morgan fingerprint density at radius 2 is 1.82 bits per heavy atom. The van der Waals surface area contributed by atoms with Gasteiger partial charge in [0.2, 0.25) is 0 Å². The van der Waals surface area contributed by atoms with Crippen molar-refractivity contribution in [1.82, 2.24) is 0 Å². The Morgan fingerprint density at radius 3 is 2.24 bits per heavy atom. The SMILES string of the molecule is CCN(CC)c1ccc(CC(Cl)C(=O)O)cc1. The summed E-state index contributed by atoms with van der Waals surface area (Å²) in [7, 11) is 0. The number of rotatable bonds is 6. The first kappa shape index (κ1) is 13.8. The van der Waals surface area contributed by atoms with Gasteiger partial charge in [-0.25, -0.2) is 0 Å². The largest absolute Gasteiger partial charge is 0.480 e. The van der Waals surface area contributed by atoms with Crippen LogP contribution in [0.3, 0.4) is 0 Å². The number of hydrogen-bond donors (Lipinski definition) is 1. The lowest BCUT2D eigenvalue weighted by Crippen LogP contribution is -2.21. The van der Waals surface area contributed by atoms with E-state index in [1.807, 2.05) is 24.3 Å². The van der Waals surface area contributed by atoms with Crippen LogP contribution in [-0.2, 0) is 11.2 Å². The Hall–Kier alpha value is -1.22. The fourth-order valence-electron chi connectivity index (χ4n) is 1.73. The standard InChI is InChI=1S/C13H18ClNO2/c1-3-15(4-2)11-7-5-10(6-8-11)9-12(14)13(16)17/h5-8,12H,3-4,9H2,1-2H3,(H,16,17). The summed E-state index contributed by atoms with van der Waals surface area (Å²) in [5.74, 6) is -0.973. The van der Waals surface area contributed by atoms with Crippen LogP contribution >= 0.6 is 11.6 Å². The molecule has 1 atom stereocenters. The van der Waals surface area contributed by atoms with Crippen LogP contribution in [0.1, 0.15) is 19.4 Å². The average molecular weight is 256 g/mol. The van der Waals surface area contributed by atoms with Crippen molar-refractivity contribution in [3.63, 3.8) is 0 Å². The maximum absolute atomic E-state index is 10.6. The molecule has 0 radical (unpaired) electrons. The van der Waals surface area contributed by atoms with Crippen molar-refractivity contribution in [2.45, 2.75) is 25.6 Å². The highest BCUT2D eigenvalue weighted by atomic mass is 35.5. The first-order valence-corrected chi connectivity index (χ1v) is 6.22. The summed E-state index contributed by atoms with van der Waals surface area (Å²) in [6.07, 6.45) is 0.357. The molecule has 1 aromatic rings. The molecule has 4 heteroatoms. The quantitative estimate of drug-likeness (QED) is 0.795. The number of aliphatic carboxylic acids is 1. The van der Waals surface area contributed by atoms with Crippen LogP contribution in [0.25, 0.3) is 0 Å². The van der Waals surface area contributed by atoms with Gasteiger partial charge in [0.1, 0.15) is 5.38 Å². The Balaban J connectivity index is 2.71. The van der Waals surface area contributed by atoms with Gasteiger partial charge in [0.05, 0.1) is 0 Å². The Kier molecular flexibility index (Phi) is 5.29. The molecule has 0 aliphatic heterocycles. The van der Waals surface area contributed by atoms with Crippen LogP contribution < -0.4 is 4.90 Å². The fraction of sp³-hybridized carbons (Fsp3) is 0.462. The monoisotopic (exact) mass is 255 g/mol. The molecule has 0 saturated heterocycles. The minimum absolute atomic E-state index is 0.357. The molecular weight excluding hydrogens is 238 g/mol. The van der Waals surface area contributed by atoms with Crippen LogP contribution in [-0.4, -0.2) is 29.5 Å². The van der Waals surface area contributed by atoms with Crippen LogP contribution in [0.4, 0.5) is 5.69 Å². The van der Waals surface area contributed by atoms with E-state index in [4.69, 9.17) is 16.7 Å². The van der Waals surface area contributed by atoms with Gasteiger partial charge in [-0.1, -0.05) is 12.1 Å². The normalized spacial score (nSPS) is 12.2. The van der Waals surface area contributed by atoms with E-state index in [1.165, 1.54) is 0 Å². The summed E-state index contributed by atoms with van der Waals surface area (Å²) >= 11 is 5.70. The highest BCUT2D eigenvalue weighted by Gasteiger charge is 2.14. The van der Waals surface area contributed by atoms with Gasteiger partial charge in [-0.3, -0.25) is 4.79 Å². The van der Waals surface area contributed by atoms with Gasteiger partial charge in [-0.2, -0.15) is 0 Å². The number of nitrogens with zero attached hydrogens (tertiary/aromatic N) is 1. The smallest absolute Gasteiger partial charge is 0.321 e. The Bertz CT molecular complexity index is 360. The van der Waals surface area contributed by atoms with Crippen molar-refractivity contribution >= 4 is 23.3 Å². The van der Waals surface area contributed by atoms with E-state index in [0.717, 1.165) is 24.3 Å². The van der Waals surface area contributed by atoms with Crippen molar-refractivity contribution < 1.29 is 9.90 Å². The predicted molar refractivity (Wildman–Crippen MR) is 71.0 cm³/mol. The summed E-state index contributed by atoms with van der Waals surface area (Å²) in [5, 5.41) is 7.87. The molecular formula is C13H18ClNO2. The lowest BCUT2D eigenvalue weighted by molar-refractivity contribution is -0.136. The van der Waals surface area contributed by atoms with E-state index in [1.54, 1.807) is 0 Å². The maximum Gasteiger partial charge on any atom is 0.321 e. The number of carbonyl (C=O) groups is 1. The second-order valence-corrected chi connectivity index (χ2v) is 4.38. The molecule has 0 saturated carbocycles. The number of benzene rings is 1.